The molecule has 0 aliphatic carbocycles. The van der Waals surface area contributed by atoms with E-state index in [4.69, 9.17) is 11.0 Å². The molecule has 1 heterocycles. The highest BCUT2D eigenvalue weighted by Crippen LogP contribution is 2.14. The predicted octanol–water partition coefficient (Wildman–Crippen LogP) is 2.03. The fraction of sp³-hybridized carbons (Fsp3) is 0.0667. The van der Waals surface area contributed by atoms with Gasteiger partial charge in [-0.3, -0.25) is 0 Å². The SMILES string of the molecule is COC(=O)c1nc(N)cc(C=Cc2ccc(C#N)cc2F)n1. The van der Waals surface area contributed by atoms with Gasteiger partial charge in [-0.1, -0.05) is 6.07 Å². The largest absolute Gasteiger partial charge is 0.463 e. The summed E-state index contributed by atoms with van der Waals surface area (Å²) in [6, 6.07) is 7.38. The zero-order valence-electron chi connectivity index (χ0n) is 11.6. The van der Waals surface area contributed by atoms with E-state index in [2.05, 4.69) is 14.7 Å². The van der Waals surface area contributed by atoms with E-state index >= 15 is 0 Å². The zero-order chi connectivity index (χ0) is 16.1. The molecule has 110 valence electrons. The van der Waals surface area contributed by atoms with Crippen LogP contribution in [-0.2, 0) is 4.74 Å². The number of aromatic nitrogens is 2. The van der Waals surface area contributed by atoms with E-state index in [0.29, 0.717) is 5.69 Å². The molecular formula is C15H11FN4O2. The molecule has 0 unspecified atom stereocenters. The number of nitrogen functional groups attached to an aromatic ring is 1. The maximum Gasteiger partial charge on any atom is 0.376 e. The van der Waals surface area contributed by atoms with Gasteiger partial charge in [0.2, 0.25) is 5.82 Å². The van der Waals surface area contributed by atoms with Crippen molar-refractivity contribution in [3.8, 4) is 6.07 Å². The minimum atomic E-state index is -0.716. The third-order valence-corrected chi connectivity index (χ3v) is 2.70. The lowest BCUT2D eigenvalue weighted by Gasteiger charge is -2.01. The summed E-state index contributed by atoms with van der Waals surface area (Å²) < 4.78 is 18.3. The Kier molecular flexibility index (Phi) is 4.44. The minimum Gasteiger partial charge on any atom is -0.463 e. The first-order chi connectivity index (χ1) is 10.5. The van der Waals surface area contributed by atoms with E-state index in [1.807, 2.05) is 6.07 Å². The van der Waals surface area contributed by atoms with Crippen molar-refractivity contribution >= 4 is 23.9 Å². The number of nitrogens with two attached hydrogens (primary N) is 1. The summed E-state index contributed by atoms with van der Waals surface area (Å²) in [5.41, 5.74) is 6.42. The average Bonchev–Trinajstić information content (AvgIpc) is 2.52. The van der Waals surface area contributed by atoms with Crippen molar-refractivity contribution in [3.05, 3.63) is 52.7 Å². The number of anilines is 1. The number of nitrogens with zero attached hydrogens (tertiary/aromatic N) is 3. The molecule has 2 rings (SSSR count). The van der Waals surface area contributed by atoms with Crippen LogP contribution < -0.4 is 5.73 Å². The normalized spacial score (nSPS) is 10.4. The molecule has 0 saturated carbocycles. The van der Waals surface area contributed by atoms with Crippen molar-refractivity contribution in [2.45, 2.75) is 0 Å². The molecule has 0 saturated heterocycles. The van der Waals surface area contributed by atoms with E-state index in [1.54, 1.807) is 0 Å². The number of rotatable bonds is 3. The summed E-state index contributed by atoms with van der Waals surface area (Å²) in [5.74, 6) is -1.34. The maximum absolute atomic E-state index is 13.7. The molecule has 0 aliphatic heterocycles. The number of ether oxygens (including phenoxy) is 1. The Morgan fingerprint density at radius 1 is 1.36 bits per heavy atom. The Balaban J connectivity index is 2.32. The molecule has 0 aliphatic rings. The average molecular weight is 298 g/mol. The fourth-order valence-electron chi connectivity index (χ4n) is 1.66. The Hall–Kier alpha value is -3.27. The number of benzene rings is 1. The van der Waals surface area contributed by atoms with Gasteiger partial charge in [-0.25, -0.2) is 19.2 Å². The van der Waals surface area contributed by atoms with Crippen LogP contribution in [0.25, 0.3) is 12.2 Å². The molecule has 0 fully saturated rings. The molecular weight excluding hydrogens is 287 g/mol. The zero-order valence-corrected chi connectivity index (χ0v) is 11.6. The molecule has 2 aromatic rings. The highest BCUT2D eigenvalue weighted by molar-refractivity contribution is 5.86. The number of halogens is 1. The molecule has 0 bridgehead atoms. The minimum absolute atomic E-state index is 0.0929. The lowest BCUT2D eigenvalue weighted by Crippen LogP contribution is -2.09. The van der Waals surface area contributed by atoms with Crippen LogP contribution in [0.1, 0.15) is 27.4 Å². The van der Waals surface area contributed by atoms with Crippen LogP contribution in [0.2, 0.25) is 0 Å². The van der Waals surface area contributed by atoms with Crippen molar-refractivity contribution in [2.75, 3.05) is 12.8 Å². The van der Waals surface area contributed by atoms with E-state index in [1.165, 1.54) is 37.5 Å². The first-order valence-electron chi connectivity index (χ1n) is 6.14. The van der Waals surface area contributed by atoms with Crippen LogP contribution in [0.4, 0.5) is 10.2 Å². The smallest absolute Gasteiger partial charge is 0.376 e. The number of hydrogen-bond donors (Lipinski definition) is 1. The summed E-state index contributed by atoms with van der Waals surface area (Å²) in [6.07, 6.45) is 2.94. The van der Waals surface area contributed by atoms with E-state index in [0.717, 1.165) is 6.07 Å². The number of hydrogen-bond acceptors (Lipinski definition) is 6. The van der Waals surface area contributed by atoms with Gasteiger partial charge < -0.3 is 10.5 Å². The van der Waals surface area contributed by atoms with Gasteiger partial charge in [0.25, 0.3) is 0 Å². The van der Waals surface area contributed by atoms with Crippen LogP contribution in [-0.4, -0.2) is 23.0 Å². The van der Waals surface area contributed by atoms with E-state index < -0.39 is 11.8 Å². The standard InChI is InChI=1S/C15H11FN4O2/c1-22-15(21)14-19-11(7-13(18)20-14)5-4-10-3-2-9(8-17)6-12(10)16/h2-7H,1H3,(H2,18,19,20). The van der Waals surface area contributed by atoms with Crippen LogP contribution in [0.15, 0.2) is 24.3 Å². The second kappa shape index (κ2) is 6.45. The highest BCUT2D eigenvalue weighted by Gasteiger charge is 2.10. The molecule has 0 spiro atoms. The van der Waals surface area contributed by atoms with Crippen LogP contribution in [0, 0.1) is 17.1 Å². The number of carbonyl (C=O) groups is 1. The summed E-state index contributed by atoms with van der Waals surface area (Å²) in [6.45, 7) is 0. The van der Waals surface area contributed by atoms with Crippen molar-refractivity contribution in [3.63, 3.8) is 0 Å². The summed E-state index contributed by atoms with van der Waals surface area (Å²) in [4.78, 5) is 19.1. The summed E-state index contributed by atoms with van der Waals surface area (Å²) in [5, 5.41) is 8.69. The van der Waals surface area contributed by atoms with Gasteiger partial charge in [0.05, 0.1) is 24.4 Å². The van der Waals surface area contributed by atoms with Gasteiger partial charge in [0, 0.05) is 11.6 Å². The van der Waals surface area contributed by atoms with Gasteiger partial charge in [0.1, 0.15) is 11.6 Å². The number of methoxy groups -OCH3 is 1. The summed E-state index contributed by atoms with van der Waals surface area (Å²) >= 11 is 0. The van der Waals surface area contributed by atoms with Crippen molar-refractivity contribution in [1.82, 2.24) is 9.97 Å². The Bertz CT molecular complexity index is 797. The molecule has 7 heteroatoms. The molecule has 0 atom stereocenters. The van der Waals surface area contributed by atoms with Gasteiger partial charge in [-0.15, -0.1) is 0 Å². The van der Waals surface area contributed by atoms with Crippen molar-refractivity contribution < 1.29 is 13.9 Å². The molecule has 1 aromatic carbocycles. The van der Waals surface area contributed by atoms with E-state index in [-0.39, 0.29) is 22.8 Å². The topological polar surface area (TPSA) is 102 Å². The highest BCUT2D eigenvalue weighted by atomic mass is 19.1. The van der Waals surface area contributed by atoms with E-state index in [9.17, 15) is 9.18 Å². The van der Waals surface area contributed by atoms with Gasteiger partial charge in [-0.05, 0) is 24.3 Å². The second-order valence-electron chi connectivity index (χ2n) is 4.21. The maximum atomic E-state index is 13.7. The first kappa shape index (κ1) is 15.1. The summed E-state index contributed by atoms with van der Waals surface area (Å²) in [7, 11) is 1.20. The van der Waals surface area contributed by atoms with Gasteiger partial charge in [-0.2, -0.15) is 5.26 Å². The number of nitriles is 1. The second-order valence-corrected chi connectivity index (χ2v) is 4.21. The van der Waals surface area contributed by atoms with Crippen LogP contribution in [0.3, 0.4) is 0 Å². The number of esters is 1. The molecule has 2 N–H and O–H groups in total. The Morgan fingerprint density at radius 2 is 2.14 bits per heavy atom. The third kappa shape index (κ3) is 3.43. The molecule has 22 heavy (non-hydrogen) atoms. The third-order valence-electron chi connectivity index (χ3n) is 2.70. The number of carbonyl (C=O) groups excluding carboxylic acids is 1. The predicted molar refractivity (Wildman–Crippen MR) is 77.8 cm³/mol. The monoisotopic (exact) mass is 298 g/mol. The lowest BCUT2D eigenvalue weighted by molar-refractivity contribution is 0.0586. The molecule has 0 amide bonds. The Morgan fingerprint density at radius 3 is 2.77 bits per heavy atom. The van der Waals surface area contributed by atoms with Crippen molar-refractivity contribution in [1.29, 1.82) is 5.26 Å². The fourth-order valence-corrected chi connectivity index (χ4v) is 1.66. The van der Waals surface area contributed by atoms with Gasteiger partial charge >= 0.3 is 5.97 Å². The first-order valence-corrected chi connectivity index (χ1v) is 6.14. The van der Waals surface area contributed by atoms with Gasteiger partial charge in [0.15, 0.2) is 0 Å². The van der Waals surface area contributed by atoms with Crippen LogP contribution in [0.5, 0.6) is 0 Å². The van der Waals surface area contributed by atoms with Crippen LogP contribution >= 0.6 is 0 Å². The molecule has 1 aromatic heterocycles. The molecule has 6 nitrogen and oxygen atoms in total. The molecule has 0 radical (unpaired) electrons. The lowest BCUT2D eigenvalue weighted by atomic mass is 10.1. The Labute approximate surface area is 125 Å². The quantitative estimate of drug-likeness (QED) is 0.870. The van der Waals surface area contributed by atoms with Crippen molar-refractivity contribution in [2.24, 2.45) is 0 Å².